The van der Waals surface area contributed by atoms with Crippen LogP contribution in [-0.2, 0) is 0 Å². The molecule has 0 spiro atoms. The minimum Gasteiger partial charge on any atom is -0.481 e. The molecule has 3 aromatic heterocycles. The molecular weight excluding hydrogens is 342 g/mol. The smallest absolute Gasteiger partial charge is 0.273 e. The zero-order valence-electron chi connectivity index (χ0n) is 16.1. The van der Waals surface area contributed by atoms with Crippen molar-refractivity contribution >= 4 is 11.2 Å². The quantitative estimate of drug-likeness (QED) is 0.690. The molecule has 27 heavy (non-hydrogen) atoms. The molecule has 0 radical (unpaired) electrons. The average Bonchev–Trinajstić information content (AvgIpc) is 3.50. The van der Waals surface area contributed by atoms with Gasteiger partial charge in [0.15, 0.2) is 5.65 Å². The fourth-order valence-corrected chi connectivity index (χ4v) is 3.75. The molecule has 1 fully saturated rings. The molecule has 0 saturated heterocycles. The molecule has 0 N–H and O–H groups in total. The summed E-state index contributed by atoms with van der Waals surface area (Å²) in [6.07, 6.45) is 4.72. The number of pyridine rings is 1. The van der Waals surface area contributed by atoms with Crippen LogP contribution in [0.2, 0.25) is 0 Å². The van der Waals surface area contributed by atoms with Crippen molar-refractivity contribution in [1.29, 1.82) is 0 Å². The van der Waals surface area contributed by atoms with Crippen LogP contribution in [0.15, 0.2) is 23.3 Å². The van der Waals surface area contributed by atoms with Crippen LogP contribution in [0.1, 0.15) is 43.6 Å². The predicted molar refractivity (Wildman–Crippen MR) is 103 cm³/mol. The van der Waals surface area contributed by atoms with Crippen molar-refractivity contribution in [3.8, 4) is 17.1 Å². The minimum absolute atomic E-state index is 0.0597. The summed E-state index contributed by atoms with van der Waals surface area (Å²) in [5.74, 6) is 1.09. The zero-order valence-corrected chi connectivity index (χ0v) is 16.1. The maximum absolute atomic E-state index is 12.9. The number of hydrogen-bond acceptors (Lipinski definition) is 6. The number of rotatable bonds is 5. The van der Waals surface area contributed by atoms with Gasteiger partial charge in [0.1, 0.15) is 23.2 Å². The number of methoxy groups -OCH3 is 1. The van der Waals surface area contributed by atoms with E-state index in [1.54, 1.807) is 20.1 Å². The van der Waals surface area contributed by atoms with Gasteiger partial charge in [-0.15, -0.1) is 0 Å². The molecule has 1 unspecified atom stereocenters. The summed E-state index contributed by atoms with van der Waals surface area (Å²) < 4.78 is 7.04. The van der Waals surface area contributed by atoms with Gasteiger partial charge < -0.3 is 4.74 Å². The fraction of sp³-hybridized carbons (Fsp3) is 0.450. The Morgan fingerprint density at radius 2 is 1.96 bits per heavy atom. The summed E-state index contributed by atoms with van der Waals surface area (Å²) in [6, 6.07) is 3.88. The monoisotopic (exact) mass is 365 g/mol. The van der Waals surface area contributed by atoms with Gasteiger partial charge in [-0.2, -0.15) is 0 Å². The molecule has 4 rings (SSSR count). The molecule has 0 amide bonds. The average molecular weight is 365 g/mol. The van der Waals surface area contributed by atoms with E-state index < -0.39 is 0 Å². The Morgan fingerprint density at radius 1 is 1.19 bits per heavy atom. The van der Waals surface area contributed by atoms with Gasteiger partial charge in [0.25, 0.3) is 5.56 Å². The van der Waals surface area contributed by atoms with Gasteiger partial charge in [-0.05, 0) is 45.1 Å². The van der Waals surface area contributed by atoms with Crippen LogP contribution in [0.5, 0.6) is 5.88 Å². The van der Waals surface area contributed by atoms with Crippen molar-refractivity contribution in [2.24, 2.45) is 5.92 Å². The first-order valence-electron chi connectivity index (χ1n) is 9.31. The number of hydrogen-bond donors (Lipinski definition) is 0. The van der Waals surface area contributed by atoms with E-state index >= 15 is 0 Å². The first kappa shape index (κ1) is 17.6. The van der Waals surface area contributed by atoms with Crippen LogP contribution >= 0.6 is 0 Å². The van der Waals surface area contributed by atoms with Crippen molar-refractivity contribution in [2.45, 2.75) is 46.1 Å². The highest BCUT2D eigenvalue weighted by atomic mass is 16.5. The van der Waals surface area contributed by atoms with Crippen molar-refractivity contribution < 1.29 is 4.74 Å². The van der Waals surface area contributed by atoms with Crippen molar-refractivity contribution in [1.82, 2.24) is 24.5 Å². The third-order valence-electron chi connectivity index (χ3n) is 5.28. The van der Waals surface area contributed by atoms with E-state index in [2.05, 4.69) is 26.9 Å². The summed E-state index contributed by atoms with van der Waals surface area (Å²) in [7, 11) is 1.59. The Hall–Kier alpha value is -2.83. The van der Waals surface area contributed by atoms with E-state index in [9.17, 15) is 4.79 Å². The van der Waals surface area contributed by atoms with Crippen molar-refractivity contribution in [3.05, 3.63) is 40.2 Å². The second-order valence-electron chi connectivity index (χ2n) is 7.07. The molecule has 7 nitrogen and oxygen atoms in total. The van der Waals surface area contributed by atoms with Gasteiger partial charge in [0, 0.05) is 17.7 Å². The molecule has 0 aromatic carbocycles. The minimum atomic E-state index is -0.0597. The largest absolute Gasteiger partial charge is 0.481 e. The highest BCUT2D eigenvalue weighted by Gasteiger charge is 2.33. The van der Waals surface area contributed by atoms with E-state index in [4.69, 9.17) is 4.74 Å². The SMILES string of the molecule is CCC(C1CC1)n1c(=O)c(C)nc2c(-c3ccc(OC)nc3C)ncnc21. The first-order chi connectivity index (χ1) is 13.0. The highest BCUT2D eigenvalue weighted by Crippen LogP contribution is 2.42. The first-order valence-corrected chi connectivity index (χ1v) is 9.31. The number of aromatic nitrogens is 5. The summed E-state index contributed by atoms with van der Waals surface area (Å²) >= 11 is 0. The van der Waals surface area contributed by atoms with Gasteiger partial charge >= 0.3 is 0 Å². The third kappa shape index (κ3) is 2.97. The maximum atomic E-state index is 12.9. The highest BCUT2D eigenvalue weighted by molar-refractivity contribution is 5.87. The van der Waals surface area contributed by atoms with Gasteiger partial charge in [-0.1, -0.05) is 6.92 Å². The molecule has 1 aliphatic rings. The maximum Gasteiger partial charge on any atom is 0.273 e. The Bertz CT molecular complexity index is 1070. The van der Waals surface area contributed by atoms with E-state index in [0.29, 0.717) is 34.3 Å². The number of nitrogens with zero attached hydrogens (tertiary/aromatic N) is 5. The summed E-state index contributed by atoms with van der Waals surface area (Å²) in [5, 5.41) is 0. The Balaban J connectivity index is 1.99. The molecule has 1 saturated carbocycles. The molecule has 0 aliphatic heterocycles. The van der Waals surface area contributed by atoms with Crippen LogP contribution in [0.25, 0.3) is 22.4 Å². The van der Waals surface area contributed by atoms with Crippen LogP contribution in [0.4, 0.5) is 0 Å². The van der Waals surface area contributed by atoms with Crippen LogP contribution in [-0.4, -0.2) is 31.6 Å². The van der Waals surface area contributed by atoms with Gasteiger partial charge in [-0.25, -0.2) is 19.9 Å². The lowest BCUT2D eigenvalue weighted by Gasteiger charge is -2.20. The second-order valence-corrected chi connectivity index (χ2v) is 7.07. The van der Waals surface area contributed by atoms with Crippen molar-refractivity contribution in [2.75, 3.05) is 7.11 Å². The molecule has 140 valence electrons. The molecule has 7 heteroatoms. The van der Waals surface area contributed by atoms with E-state index in [-0.39, 0.29) is 11.6 Å². The molecule has 0 bridgehead atoms. The molecule has 3 aromatic rings. The van der Waals surface area contributed by atoms with E-state index in [0.717, 1.165) is 30.5 Å². The van der Waals surface area contributed by atoms with E-state index in [1.807, 2.05) is 17.6 Å². The molecule has 3 heterocycles. The standard InChI is InChI=1S/C20H23N5O2/c1-5-15(13-6-7-13)25-19-18(24-12(3)20(25)26)17(21-10-22-19)14-8-9-16(27-4)23-11(14)2/h8-10,13,15H,5-7H2,1-4H3. The molecule has 1 atom stereocenters. The number of aryl methyl sites for hydroxylation is 2. The van der Waals surface area contributed by atoms with Crippen molar-refractivity contribution in [3.63, 3.8) is 0 Å². The summed E-state index contributed by atoms with van der Waals surface area (Å²) in [5.41, 5.74) is 4.00. The van der Waals surface area contributed by atoms with Gasteiger partial charge in [0.2, 0.25) is 5.88 Å². The lowest BCUT2D eigenvalue weighted by atomic mass is 10.1. The Labute approximate surface area is 157 Å². The fourth-order valence-electron chi connectivity index (χ4n) is 3.75. The Morgan fingerprint density at radius 3 is 2.59 bits per heavy atom. The van der Waals surface area contributed by atoms with Crippen LogP contribution < -0.4 is 10.3 Å². The topological polar surface area (TPSA) is 82.8 Å². The second kappa shape index (κ2) is 6.72. The lowest BCUT2D eigenvalue weighted by Crippen LogP contribution is -2.29. The molecule has 1 aliphatic carbocycles. The van der Waals surface area contributed by atoms with Crippen LogP contribution in [0.3, 0.4) is 0 Å². The third-order valence-corrected chi connectivity index (χ3v) is 5.28. The van der Waals surface area contributed by atoms with E-state index in [1.165, 1.54) is 6.33 Å². The predicted octanol–water partition coefficient (Wildman–Crippen LogP) is 3.24. The van der Waals surface area contributed by atoms with Gasteiger partial charge in [-0.3, -0.25) is 9.36 Å². The van der Waals surface area contributed by atoms with Gasteiger partial charge in [0.05, 0.1) is 12.8 Å². The summed E-state index contributed by atoms with van der Waals surface area (Å²) in [4.78, 5) is 30.9. The normalized spacial score (nSPS) is 15.1. The zero-order chi connectivity index (χ0) is 19.1. The lowest BCUT2D eigenvalue weighted by molar-refractivity contribution is 0.397. The molecular formula is C20H23N5O2. The number of fused-ring (bicyclic) bond motifs is 1. The Kier molecular flexibility index (Phi) is 4.37. The summed E-state index contributed by atoms with van der Waals surface area (Å²) in [6.45, 7) is 5.79. The number of ether oxygens (including phenoxy) is 1. The van der Waals surface area contributed by atoms with Crippen LogP contribution in [0, 0.1) is 19.8 Å².